The molecule has 0 saturated heterocycles. The fraction of sp³-hybridized carbons (Fsp3) is 0.235. The van der Waals surface area contributed by atoms with Gasteiger partial charge in [0, 0.05) is 0 Å². The lowest BCUT2D eigenvalue weighted by Gasteiger charge is -2.12. The molecular formula is C17H16ClNO2. The summed E-state index contributed by atoms with van der Waals surface area (Å²) in [6.45, 7) is 4.01. The minimum absolute atomic E-state index is 0.380. The molecule has 4 heteroatoms. The van der Waals surface area contributed by atoms with E-state index in [9.17, 15) is 5.11 Å². The van der Waals surface area contributed by atoms with Crippen LogP contribution in [0.1, 0.15) is 35.3 Å². The van der Waals surface area contributed by atoms with Crippen molar-refractivity contribution < 1.29 is 9.84 Å². The molecule has 1 unspecified atom stereocenters. The molecule has 1 N–H and O–H groups in total. The fourth-order valence-electron chi connectivity index (χ4n) is 1.98. The van der Waals surface area contributed by atoms with E-state index in [1.807, 2.05) is 19.1 Å². The third kappa shape index (κ3) is 3.75. The van der Waals surface area contributed by atoms with Crippen molar-refractivity contribution in [2.75, 3.05) is 0 Å². The summed E-state index contributed by atoms with van der Waals surface area (Å²) < 4.78 is 5.72. The van der Waals surface area contributed by atoms with E-state index in [0.717, 1.165) is 16.7 Å². The third-order valence-corrected chi connectivity index (χ3v) is 3.59. The number of rotatable bonds is 4. The van der Waals surface area contributed by atoms with Gasteiger partial charge in [0.15, 0.2) is 0 Å². The molecule has 0 aliphatic heterocycles. The molecule has 0 spiro atoms. The molecule has 0 fully saturated rings. The van der Waals surface area contributed by atoms with Crippen LogP contribution in [-0.2, 0) is 6.61 Å². The molecule has 2 rings (SSSR count). The van der Waals surface area contributed by atoms with Crippen LogP contribution in [-0.4, -0.2) is 5.11 Å². The van der Waals surface area contributed by atoms with Crippen molar-refractivity contribution in [3.8, 4) is 11.8 Å². The van der Waals surface area contributed by atoms with Crippen LogP contribution in [0.5, 0.6) is 5.75 Å². The number of aryl methyl sites for hydroxylation is 1. The molecule has 0 aromatic heterocycles. The Labute approximate surface area is 129 Å². The highest BCUT2D eigenvalue weighted by atomic mass is 35.5. The van der Waals surface area contributed by atoms with E-state index >= 15 is 0 Å². The summed E-state index contributed by atoms with van der Waals surface area (Å²) in [5.41, 5.74) is 3.40. The topological polar surface area (TPSA) is 53.2 Å². The van der Waals surface area contributed by atoms with Gasteiger partial charge in [0.25, 0.3) is 0 Å². The van der Waals surface area contributed by atoms with Gasteiger partial charge in [-0.05, 0) is 54.8 Å². The molecular weight excluding hydrogens is 286 g/mol. The Kier molecular flexibility index (Phi) is 4.85. The summed E-state index contributed by atoms with van der Waals surface area (Å²) in [6.07, 6.45) is -0.558. The maximum absolute atomic E-state index is 9.51. The van der Waals surface area contributed by atoms with E-state index in [1.165, 1.54) is 0 Å². The van der Waals surface area contributed by atoms with Gasteiger partial charge in [0.2, 0.25) is 0 Å². The van der Waals surface area contributed by atoms with Gasteiger partial charge in [-0.25, -0.2) is 0 Å². The van der Waals surface area contributed by atoms with Crippen molar-refractivity contribution in [2.45, 2.75) is 26.6 Å². The van der Waals surface area contributed by atoms with Crippen molar-refractivity contribution in [1.82, 2.24) is 0 Å². The van der Waals surface area contributed by atoms with Crippen LogP contribution in [0, 0.1) is 18.3 Å². The number of nitriles is 1. The SMILES string of the molecule is Cc1cc(C#N)ccc1COc1ccc(C(C)O)cc1Cl. The molecule has 2 aromatic rings. The van der Waals surface area contributed by atoms with Crippen LogP contribution in [0.2, 0.25) is 5.02 Å². The normalized spacial score (nSPS) is 11.8. The quantitative estimate of drug-likeness (QED) is 0.923. The number of nitrogens with zero attached hydrogens (tertiary/aromatic N) is 1. The number of ether oxygens (including phenoxy) is 1. The second-order valence-corrected chi connectivity index (χ2v) is 5.31. The largest absolute Gasteiger partial charge is 0.487 e. The Morgan fingerprint density at radius 3 is 2.62 bits per heavy atom. The average Bonchev–Trinajstić information content (AvgIpc) is 2.46. The van der Waals surface area contributed by atoms with Gasteiger partial charge in [-0.3, -0.25) is 0 Å². The Morgan fingerprint density at radius 1 is 1.29 bits per heavy atom. The average molecular weight is 302 g/mol. The number of hydrogen-bond donors (Lipinski definition) is 1. The number of aliphatic hydroxyl groups excluding tert-OH is 1. The van der Waals surface area contributed by atoms with Crippen LogP contribution in [0.3, 0.4) is 0 Å². The molecule has 0 bridgehead atoms. The highest BCUT2D eigenvalue weighted by Crippen LogP contribution is 2.28. The number of hydrogen-bond acceptors (Lipinski definition) is 3. The summed E-state index contributed by atoms with van der Waals surface area (Å²) in [5.74, 6) is 0.574. The van der Waals surface area contributed by atoms with E-state index in [1.54, 1.807) is 31.2 Å². The van der Waals surface area contributed by atoms with E-state index in [2.05, 4.69) is 6.07 Å². The first-order valence-corrected chi connectivity index (χ1v) is 6.99. The molecule has 3 nitrogen and oxygen atoms in total. The molecule has 0 saturated carbocycles. The Hall–Kier alpha value is -2.02. The predicted molar refractivity (Wildman–Crippen MR) is 82.3 cm³/mol. The molecule has 108 valence electrons. The third-order valence-electron chi connectivity index (χ3n) is 3.29. The zero-order chi connectivity index (χ0) is 15.4. The van der Waals surface area contributed by atoms with Crippen LogP contribution in [0.4, 0.5) is 0 Å². The first-order chi connectivity index (χ1) is 10.0. The molecule has 0 aliphatic carbocycles. The van der Waals surface area contributed by atoms with Gasteiger partial charge in [0.1, 0.15) is 12.4 Å². The summed E-state index contributed by atoms with van der Waals surface area (Å²) in [7, 11) is 0. The minimum atomic E-state index is -0.558. The molecule has 0 radical (unpaired) electrons. The molecule has 1 atom stereocenters. The minimum Gasteiger partial charge on any atom is -0.487 e. The summed E-state index contributed by atoms with van der Waals surface area (Å²) in [6, 6.07) is 12.8. The monoisotopic (exact) mass is 301 g/mol. The van der Waals surface area contributed by atoms with Crippen LogP contribution < -0.4 is 4.74 Å². The Bertz CT molecular complexity index is 690. The Morgan fingerprint density at radius 2 is 2.05 bits per heavy atom. The highest BCUT2D eigenvalue weighted by molar-refractivity contribution is 6.32. The fourth-order valence-corrected chi connectivity index (χ4v) is 2.22. The van der Waals surface area contributed by atoms with E-state index in [4.69, 9.17) is 21.6 Å². The Balaban J connectivity index is 2.12. The van der Waals surface area contributed by atoms with Gasteiger partial charge in [0.05, 0.1) is 22.8 Å². The summed E-state index contributed by atoms with van der Waals surface area (Å²) in [4.78, 5) is 0. The smallest absolute Gasteiger partial charge is 0.138 e. The molecule has 0 amide bonds. The van der Waals surface area contributed by atoms with Gasteiger partial charge in [-0.2, -0.15) is 5.26 Å². The lowest BCUT2D eigenvalue weighted by atomic mass is 10.1. The van der Waals surface area contributed by atoms with Crippen molar-refractivity contribution >= 4 is 11.6 Å². The van der Waals surface area contributed by atoms with Crippen molar-refractivity contribution in [1.29, 1.82) is 5.26 Å². The van der Waals surface area contributed by atoms with Gasteiger partial charge >= 0.3 is 0 Å². The zero-order valence-electron chi connectivity index (χ0n) is 11.9. The van der Waals surface area contributed by atoms with Crippen molar-refractivity contribution in [3.05, 3.63) is 63.7 Å². The second-order valence-electron chi connectivity index (χ2n) is 4.91. The lowest BCUT2D eigenvalue weighted by molar-refractivity contribution is 0.199. The lowest BCUT2D eigenvalue weighted by Crippen LogP contribution is -1.99. The number of aliphatic hydroxyl groups is 1. The van der Waals surface area contributed by atoms with Crippen molar-refractivity contribution in [3.63, 3.8) is 0 Å². The molecule has 21 heavy (non-hydrogen) atoms. The number of benzene rings is 2. The maximum Gasteiger partial charge on any atom is 0.138 e. The van der Waals surface area contributed by atoms with Gasteiger partial charge in [-0.1, -0.05) is 23.7 Å². The summed E-state index contributed by atoms with van der Waals surface area (Å²) in [5, 5.41) is 18.8. The second kappa shape index (κ2) is 6.62. The zero-order valence-corrected chi connectivity index (χ0v) is 12.7. The maximum atomic E-state index is 9.51. The molecule has 0 heterocycles. The van der Waals surface area contributed by atoms with Gasteiger partial charge in [-0.15, -0.1) is 0 Å². The first kappa shape index (κ1) is 15.4. The van der Waals surface area contributed by atoms with Crippen LogP contribution in [0.25, 0.3) is 0 Å². The predicted octanol–water partition coefficient (Wildman–Crippen LogP) is 4.15. The van der Waals surface area contributed by atoms with E-state index in [-0.39, 0.29) is 0 Å². The van der Waals surface area contributed by atoms with Crippen LogP contribution >= 0.6 is 11.6 Å². The van der Waals surface area contributed by atoms with Crippen molar-refractivity contribution in [2.24, 2.45) is 0 Å². The standard InChI is InChI=1S/C17H16ClNO2/c1-11-7-13(9-19)3-4-15(11)10-21-17-6-5-14(12(2)20)8-16(17)18/h3-8,12,20H,10H2,1-2H3. The molecule has 0 aliphatic rings. The first-order valence-electron chi connectivity index (χ1n) is 6.61. The highest BCUT2D eigenvalue weighted by Gasteiger charge is 2.08. The summed E-state index contributed by atoms with van der Waals surface area (Å²) >= 11 is 6.15. The molecule has 2 aromatic carbocycles. The van der Waals surface area contributed by atoms with Gasteiger partial charge < -0.3 is 9.84 Å². The van der Waals surface area contributed by atoms with Crippen LogP contribution in [0.15, 0.2) is 36.4 Å². The van der Waals surface area contributed by atoms with E-state index in [0.29, 0.717) is 22.9 Å². The number of halogens is 1. The van der Waals surface area contributed by atoms with E-state index < -0.39 is 6.10 Å².